The molecule has 2 aromatic rings. The lowest BCUT2D eigenvalue weighted by Gasteiger charge is -2.12. The fourth-order valence-electron chi connectivity index (χ4n) is 1.78. The lowest BCUT2D eigenvalue weighted by Crippen LogP contribution is -2.09. The van der Waals surface area contributed by atoms with E-state index in [9.17, 15) is 0 Å². The van der Waals surface area contributed by atoms with Crippen molar-refractivity contribution in [1.82, 2.24) is 4.98 Å². The molecular weight excluding hydrogens is 240 g/mol. The van der Waals surface area contributed by atoms with Crippen LogP contribution in [0, 0.1) is 0 Å². The fourth-order valence-corrected chi connectivity index (χ4v) is 1.78. The van der Waals surface area contributed by atoms with E-state index in [4.69, 9.17) is 15.2 Å². The second-order valence-electron chi connectivity index (χ2n) is 4.33. The maximum absolute atomic E-state index is 5.89. The van der Waals surface area contributed by atoms with Crippen molar-refractivity contribution in [2.45, 2.75) is 19.6 Å². The SMILES string of the molecule is COc1cccc(COc2ncccc2[C@H](C)N)c1. The number of nitrogens with two attached hydrogens (primary N) is 1. The van der Waals surface area contributed by atoms with Crippen molar-refractivity contribution in [1.29, 1.82) is 0 Å². The van der Waals surface area contributed by atoms with E-state index in [0.29, 0.717) is 12.5 Å². The summed E-state index contributed by atoms with van der Waals surface area (Å²) in [6.45, 7) is 2.35. The average Bonchev–Trinajstić information content (AvgIpc) is 2.45. The van der Waals surface area contributed by atoms with E-state index in [1.165, 1.54) is 0 Å². The Morgan fingerprint density at radius 1 is 1.26 bits per heavy atom. The summed E-state index contributed by atoms with van der Waals surface area (Å²) in [5.74, 6) is 1.40. The molecule has 0 unspecified atom stereocenters. The Kier molecular flexibility index (Phi) is 4.36. The number of aromatic nitrogens is 1. The van der Waals surface area contributed by atoms with Crippen LogP contribution in [0.25, 0.3) is 0 Å². The monoisotopic (exact) mass is 258 g/mol. The van der Waals surface area contributed by atoms with Crippen molar-refractivity contribution >= 4 is 0 Å². The molecule has 2 N–H and O–H groups in total. The van der Waals surface area contributed by atoms with E-state index in [-0.39, 0.29) is 6.04 Å². The van der Waals surface area contributed by atoms with Crippen LogP contribution in [-0.2, 0) is 6.61 Å². The van der Waals surface area contributed by atoms with Crippen molar-refractivity contribution in [3.8, 4) is 11.6 Å². The molecule has 100 valence electrons. The summed E-state index contributed by atoms with van der Waals surface area (Å²) in [7, 11) is 1.65. The molecule has 19 heavy (non-hydrogen) atoms. The molecule has 0 saturated heterocycles. The zero-order valence-corrected chi connectivity index (χ0v) is 11.2. The quantitative estimate of drug-likeness (QED) is 0.895. The van der Waals surface area contributed by atoms with Gasteiger partial charge in [0, 0.05) is 17.8 Å². The van der Waals surface area contributed by atoms with Gasteiger partial charge in [-0.05, 0) is 30.7 Å². The van der Waals surface area contributed by atoms with Crippen LogP contribution < -0.4 is 15.2 Å². The molecule has 1 atom stereocenters. The Hall–Kier alpha value is -2.07. The largest absolute Gasteiger partial charge is 0.497 e. The summed E-state index contributed by atoms with van der Waals surface area (Å²) in [4.78, 5) is 4.22. The van der Waals surface area contributed by atoms with Gasteiger partial charge in [-0.2, -0.15) is 0 Å². The number of ether oxygens (including phenoxy) is 2. The normalized spacial score (nSPS) is 11.9. The van der Waals surface area contributed by atoms with E-state index in [0.717, 1.165) is 16.9 Å². The van der Waals surface area contributed by atoms with Crippen LogP contribution in [0.4, 0.5) is 0 Å². The number of methoxy groups -OCH3 is 1. The molecule has 0 aliphatic rings. The third-order valence-electron chi connectivity index (χ3n) is 2.80. The first-order valence-corrected chi connectivity index (χ1v) is 6.17. The fraction of sp³-hybridized carbons (Fsp3) is 0.267. The maximum Gasteiger partial charge on any atom is 0.218 e. The van der Waals surface area contributed by atoms with Gasteiger partial charge in [0.05, 0.1) is 7.11 Å². The number of benzene rings is 1. The number of hydrogen-bond acceptors (Lipinski definition) is 4. The molecule has 0 saturated carbocycles. The highest BCUT2D eigenvalue weighted by Gasteiger charge is 2.08. The minimum Gasteiger partial charge on any atom is -0.497 e. The highest BCUT2D eigenvalue weighted by atomic mass is 16.5. The van der Waals surface area contributed by atoms with Crippen molar-refractivity contribution in [3.05, 3.63) is 53.7 Å². The minimum absolute atomic E-state index is 0.103. The third kappa shape index (κ3) is 3.45. The molecule has 1 heterocycles. The number of pyridine rings is 1. The standard InChI is InChI=1S/C15H18N2O2/c1-11(16)14-7-4-8-17-15(14)19-10-12-5-3-6-13(9-12)18-2/h3-9,11H,10,16H2,1-2H3/t11-/m0/s1. The molecule has 1 aromatic heterocycles. The molecule has 0 amide bonds. The Labute approximate surface area is 113 Å². The van der Waals surface area contributed by atoms with Gasteiger partial charge in [-0.25, -0.2) is 4.98 Å². The number of nitrogens with zero attached hydrogens (tertiary/aromatic N) is 1. The highest BCUT2D eigenvalue weighted by Crippen LogP contribution is 2.22. The first-order chi connectivity index (χ1) is 9.20. The Balaban J connectivity index is 2.10. The second-order valence-corrected chi connectivity index (χ2v) is 4.33. The van der Waals surface area contributed by atoms with Crippen molar-refractivity contribution < 1.29 is 9.47 Å². The smallest absolute Gasteiger partial charge is 0.218 e. The summed E-state index contributed by atoms with van der Waals surface area (Å²) < 4.78 is 10.9. The van der Waals surface area contributed by atoms with E-state index in [2.05, 4.69) is 4.98 Å². The van der Waals surface area contributed by atoms with Crippen LogP contribution in [0.3, 0.4) is 0 Å². The molecule has 0 spiro atoms. The van der Waals surface area contributed by atoms with Crippen LogP contribution in [0.15, 0.2) is 42.6 Å². The van der Waals surface area contributed by atoms with Crippen LogP contribution >= 0.6 is 0 Å². The average molecular weight is 258 g/mol. The Morgan fingerprint density at radius 3 is 2.84 bits per heavy atom. The van der Waals surface area contributed by atoms with Crippen molar-refractivity contribution in [3.63, 3.8) is 0 Å². The Morgan fingerprint density at radius 2 is 2.11 bits per heavy atom. The van der Waals surface area contributed by atoms with Crippen LogP contribution in [0.5, 0.6) is 11.6 Å². The van der Waals surface area contributed by atoms with Gasteiger partial charge in [0.2, 0.25) is 5.88 Å². The molecule has 2 rings (SSSR count). The topological polar surface area (TPSA) is 57.4 Å². The molecule has 0 aliphatic carbocycles. The van der Waals surface area contributed by atoms with Gasteiger partial charge < -0.3 is 15.2 Å². The maximum atomic E-state index is 5.89. The van der Waals surface area contributed by atoms with Gasteiger partial charge in [-0.3, -0.25) is 0 Å². The first-order valence-electron chi connectivity index (χ1n) is 6.17. The number of hydrogen-bond donors (Lipinski definition) is 1. The Bertz CT molecular complexity index is 541. The second kappa shape index (κ2) is 6.20. The van der Waals surface area contributed by atoms with Crippen LogP contribution in [0.1, 0.15) is 24.1 Å². The van der Waals surface area contributed by atoms with Crippen LogP contribution in [-0.4, -0.2) is 12.1 Å². The van der Waals surface area contributed by atoms with E-state index < -0.39 is 0 Å². The van der Waals surface area contributed by atoms with Gasteiger partial charge in [0.15, 0.2) is 0 Å². The van der Waals surface area contributed by atoms with E-state index >= 15 is 0 Å². The predicted molar refractivity (Wildman–Crippen MR) is 74.2 cm³/mol. The third-order valence-corrected chi connectivity index (χ3v) is 2.80. The molecule has 0 bridgehead atoms. The van der Waals surface area contributed by atoms with Gasteiger partial charge >= 0.3 is 0 Å². The summed E-state index contributed by atoms with van der Waals surface area (Å²) in [6.07, 6.45) is 1.70. The summed E-state index contributed by atoms with van der Waals surface area (Å²) >= 11 is 0. The minimum atomic E-state index is -0.103. The summed E-state index contributed by atoms with van der Waals surface area (Å²) in [5, 5.41) is 0. The van der Waals surface area contributed by atoms with E-state index in [1.54, 1.807) is 13.3 Å². The van der Waals surface area contributed by atoms with E-state index in [1.807, 2.05) is 43.3 Å². The zero-order valence-electron chi connectivity index (χ0n) is 11.2. The van der Waals surface area contributed by atoms with Crippen molar-refractivity contribution in [2.24, 2.45) is 5.73 Å². The lowest BCUT2D eigenvalue weighted by molar-refractivity contribution is 0.288. The molecule has 0 radical (unpaired) electrons. The first kappa shape index (κ1) is 13.4. The van der Waals surface area contributed by atoms with Gasteiger partial charge in [0.25, 0.3) is 0 Å². The lowest BCUT2D eigenvalue weighted by atomic mass is 10.1. The molecular formula is C15H18N2O2. The van der Waals surface area contributed by atoms with Gasteiger partial charge in [-0.15, -0.1) is 0 Å². The molecule has 0 aliphatic heterocycles. The predicted octanol–water partition coefficient (Wildman–Crippen LogP) is 2.69. The summed E-state index contributed by atoms with van der Waals surface area (Å²) in [5.41, 5.74) is 7.83. The highest BCUT2D eigenvalue weighted by molar-refractivity contribution is 5.30. The summed E-state index contributed by atoms with van der Waals surface area (Å²) in [6, 6.07) is 11.4. The van der Waals surface area contributed by atoms with Gasteiger partial charge in [0.1, 0.15) is 12.4 Å². The molecule has 0 fully saturated rings. The van der Waals surface area contributed by atoms with Crippen molar-refractivity contribution in [2.75, 3.05) is 7.11 Å². The molecule has 4 nitrogen and oxygen atoms in total. The zero-order chi connectivity index (χ0) is 13.7. The number of rotatable bonds is 5. The van der Waals surface area contributed by atoms with Gasteiger partial charge in [-0.1, -0.05) is 18.2 Å². The van der Waals surface area contributed by atoms with Crippen LogP contribution in [0.2, 0.25) is 0 Å². The molecule has 4 heteroatoms. The molecule has 1 aromatic carbocycles.